The number of guanidine groups is 1. The number of alkyl halides is 3. The molecular weight excluding hydrogens is 379 g/mol. The van der Waals surface area contributed by atoms with Crippen molar-refractivity contribution in [3.63, 3.8) is 0 Å². The zero-order valence-corrected chi connectivity index (χ0v) is 16.2. The fourth-order valence-electron chi connectivity index (χ4n) is 2.20. The lowest BCUT2D eigenvalue weighted by Gasteiger charge is -2.11. The zero-order valence-electron chi connectivity index (χ0n) is 15.4. The Labute approximate surface area is 159 Å². The first-order valence-corrected chi connectivity index (χ1v) is 9.18. The van der Waals surface area contributed by atoms with Crippen molar-refractivity contribution in [2.45, 2.75) is 40.0 Å². The van der Waals surface area contributed by atoms with Crippen LogP contribution in [0, 0.1) is 13.8 Å². The summed E-state index contributed by atoms with van der Waals surface area (Å²) >= 11 is 1.63. The normalized spacial score (nSPS) is 12.1. The highest BCUT2D eigenvalue weighted by atomic mass is 32.1. The Bertz CT molecular complexity index is 776. The van der Waals surface area contributed by atoms with Gasteiger partial charge in [-0.15, -0.1) is 11.3 Å². The van der Waals surface area contributed by atoms with Crippen LogP contribution < -0.4 is 15.4 Å². The number of pyridine rings is 1. The van der Waals surface area contributed by atoms with Gasteiger partial charge in [0.1, 0.15) is 0 Å². The van der Waals surface area contributed by atoms with E-state index in [1.165, 1.54) is 12.3 Å². The van der Waals surface area contributed by atoms with Crippen LogP contribution in [0.15, 0.2) is 23.3 Å². The van der Waals surface area contributed by atoms with Gasteiger partial charge in [0.15, 0.2) is 12.6 Å². The van der Waals surface area contributed by atoms with Crippen LogP contribution in [0.2, 0.25) is 0 Å². The summed E-state index contributed by atoms with van der Waals surface area (Å²) in [6.07, 6.45) is -2.99. The van der Waals surface area contributed by atoms with Crippen LogP contribution in [0.25, 0.3) is 0 Å². The van der Waals surface area contributed by atoms with Gasteiger partial charge in [-0.2, -0.15) is 13.2 Å². The first kappa shape index (κ1) is 20.9. The molecule has 2 rings (SSSR count). The summed E-state index contributed by atoms with van der Waals surface area (Å²) < 4.78 is 41.4. The van der Waals surface area contributed by atoms with Gasteiger partial charge in [-0.25, -0.2) is 15.0 Å². The molecule has 2 N–H and O–H groups in total. The van der Waals surface area contributed by atoms with E-state index in [1.54, 1.807) is 17.4 Å². The summed E-state index contributed by atoms with van der Waals surface area (Å²) in [5, 5.41) is 7.38. The van der Waals surface area contributed by atoms with Gasteiger partial charge in [0.05, 0.1) is 23.8 Å². The van der Waals surface area contributed by atoms with Crippen molar-refractivity contribution in [1.82, 2.24) is 20.6 Å². The molecule has 0 unspecified atom stereocenters. The molecule has 0 amide bonds. The Morgan fingerprint density at radius 1 is 1.30 bits per heavy atom. The second-order valence-electron chi connectivity index (χ2n) is 5.70. The lowest BCUT2D eigenvalue weighted by atomic mass is 10.3. The molecule has 0 saturated carbocycles. The quantitative estimate of drug-likeness (QED) is 0.550. The second-order valence-corrected chi connectivity index (χ2v) is 6.98. The third-order valence-electron chi connectivity index (χ3n) is 3.36. The van der Waals surface area contributed by atoms with Crippen LogP contribution in [0.3, 0.4) is 0 Å². The third-order valence-corrected chi connectivity index (χ3v) is 4.44. The smallest absolute Gasteiger partial charge is 0.422 e. The summed E-state index contributed by atoms with van der Waals surface area (Å²) in [6, 6.07) is 3.14. The summed E-state index contributed by atoms with van der Waals surface area (Å²) in [7, 11) is 0. The Kier molecular flexibility index (Phi) is 7.40. The van der Waals surface area contributed by atoms with Crippen LogP contribution in [0.1, 0.15) is 28.1 Å². The molecule has 0 fully saturated rings. The molecule has 0 atom stereocenters. The topological polar surface area (TPSA) is 71.4 Å². The summed E-state index contributed by atoms with van der Waals surface area (Å²) in [5.74, 6) is 0.534. The van der Waals surface area contributed by atoms with Gasteiger partial charge in [-0.1, -0.05) is 0 Å². The highest BCUT2D eigenvalue weighted by Gasteiger charge is 2.28. The minimum atomic E-state index is -4.40. The molecule has 2 aromatic rings. The van der Waals surface area contributed by atoms with Crippen molar-refractivity contribution in [3.8, 4) is 5.88 Å². The van der Waals surface area contributed by atoms with Crippen molar-refractivity contribution in [3.05, 3.63) is 39.5 Å². The number of aromatic nitrogens is 2. The molecule has 0 bridgehead atoms. The highest BCUT2D eigenvalue weighted by Crippen LogP contribution is 2.18. The summed E-state index contributed by atoms with van der Waals surface area (Å²) in [5.41, 5.74) is 1.69. The molecule has 0 saturated heterocycles. The number of halogens is 3. The number of thiazole rings is 1. The molecule has 148 valence electrons. The molecule has 0 radical (unpaired) electrons. The average Bonchev–Trinajstić information content (AvgIpc) is 2.93. The zero-order chi connectivity index (χ0) is 19.9. The van der Waals surface area contributed by atoms with E-state index in [9.17, 15) is 13.2 Å². The predicted molar refractivity (Wildman–Crippen MR) is 99.0 cm³/mol. The van der Waals surface area contributed by atoms with Crippen molar-refractivity contribution in [2.75, 3.05) is 13.2 Å². The number of hydrogen-bond donors (Lipinski definition) is 2. The first-order valence-electron chi connectivity index (χ1n) is 8.36. The standard InChI is InChI=1S/C17H22F3N5OS/c1-4-21-16(24-9-14-11(2)25-12(3)27-14)23-8-13-5-6-22-15(7-13)26-10-17(18,19)20/h5-7H,4,8-10H2,1-3H3,(H2,21,23,24). The van der Waals surface area contributed by atoms with Gasteiger partial charge in [-0.3, -0.25) is 0 Å². The van der Waals surface area contributed by atoms with Gasteiger partial charge in [0, 0.05) is 23.7 Å². The molecule has 0 aliphatic heterocycles. The van der Waals surface area contributed by atoms with Gasteiger partial charge >= 0.3 is 6.18 Å². The highest BCUT2D eigenvalue weighted by molar-refractivity contribution is 7.11. The van der Waals surface area contributed by atoms with Crippen LogP contribution >= 0.6 is 11.3 Å². The van der Waals surface area contributed by atoms with E-state index < -0.39 is 12.8 Å². The van der Waals surface area contributed by atoms with E-state index in [-0.39, 0.29) is 12.4 Å². The Morgan fingerprint density at radius 2 is 2.07 bits per heavy atom. The Balaban J connectivity index is 1.98. The van der Waals surface area contributed by atoms with Gasteiger partial charge in [0.2, 0.25) is 5.88 Å². The fourth-order valence-corrected chi connectivity index (χ4v) is 3.07. The Hall–Kier alpha value is -2.36. The van der Waals surface area contributed by atoms with E-state index in [0.29, 0.717) is 24.6 Å². The maximum Gasteiger partial charge on any atom is 0.422 e. The molecule has 10 heteroatoms. The molecule has 2 aromatic heterocycles. The predicted octanol–water partition coefficient (Wildman–Crippen LogP) is 3.35. The molecule has 27 heavy (non-hydrogen) atoms. The summed E-state index contributed by atoms with van der Waals surface area (Å²) in [6.45, 7) is 6.06. The third kappa shape index (κ3) is 7.41. The number of nitrogens with zero attached hydrogens (tertiary/aromatic N) is 3. The molecule has 0 spiro atoms. The molecule has 0 aliphatic rings. The minimum Gasteiger partial charge on any atom is -0.468 e. The van der Waals surface area contributed by atoms with E-state index >= 15 is 0 Å². The molecule has 0 aromatic carbocycles. The largest absolute Gasteiger partial charge is 0.468 e. The molecule has 2 heterocycles. The number of nitrogens with one attached hydrogen (secondary N) is 2. The van der Waals surface area contributed by atoms with Crippen LogP contribution in [0.4, 0.5) is 13.2 Å². The number of rotatable bonds is 7. The Morgan fingerprint density at radius 3 is 2.70 bits per heavy atom. The molecule has 0 aliphatic carbocycles. The monoisotopic (exact) mass is 401 g/mol. The SMILES string of the molecule is CCNC(=NCc1ccnc(OCC(F)(F)F)c1)NCc1sc(C)nc1C. The second kappa shape index (κ2) is 9.54. The van der Waals surface area contributed by atoms with Gasteiger partial charge in [0.25, 0.3) is 0 Å². The van der Waals surface area contributed by atoms with Gasteiger partial charge in [-0.05, 0) is 32.4 Å². The minimum absolute atomic E-state index is 0.0752. The maximum atomic E-state index is 12.2. The number of aryl methyl sites for hydroxylation is 2. The lowest BCUT2D eigenvalue weighted by Crippen LogP contribution is -2.36. The fraction of sp³-hybridized carbons (Fsp3) is 0.471. The summed E-state index contributed by atoms with van der Waals surface area (Å²) in [4.78, 5) is 13.8. The van der Waals surface area contributed by atoms with E-state index in [4.69, 9.17) is 0 Å². The van der Waals surface area contributed by atoms with Crippen molar-refractivity contribution >= 4 is 17.3 Å². The lowest BCUT2D eigenvalue weighted by molar-refractivity contribution is -0.154. The van der Waals surface area contributed by atoms with E-state index in [2.05, 4.69) is 30.3 Å². The molecule has 6 nitrogen and oxygen atoms in total. The number of ether oxygens (including phenoxy) is 1. The average molecular weight is 401 g/mol. The first-order chi connectivity index (χ1) is 12.8. The molecular formula is C17H22F3N5OS. The van der Waals surface area contributed by atoms with E-state index in [0.717, 1.165) is 15.6 Å². The maximum absolute atomic E-state index is 12.2. The number of hydrogen-bond acceptors (Lipinski definition) is 5. The van der Waals surface area contributed by atoms with Gasteiger partial charge < -0.3 is 15.4 Å². The van der Waals surface area contributed by atoms with Crippen LogP contribution in [-0.2, 0) is 13.1 Å². The van der Waals surface area contributed by atoms with Crippen molar-refractivity contribution in [1.29, 1.82) is 0 Å². The van der Waals surface area contributed by atoms with E-state index in [1.807, 2.05) is 20.8 Å². The van der Waals surface area contributed by atoms with Crippen LogP contribution in [0.5, 0.6) is 5.88 Å². The van der Waals surface area contributed by atoms with Crippen molar-refractivity contribution < 1.29 is 17.9 Å². The van der Waals surface area contributed by atoms with Crippen molar-refractivity contribution in [2.24, 2.45) is 4.99 Å². The number of aliphatic imine (C=N–C) groups is 1. The van der Waals surface area contributed by atoms with Crippen LogP contribution in [-0.4, -0.2) is 35.3 Å².